The fourth-order valence-corrected chi connectivity index (χ4v) is 2.01. The Balaban J connectivity index is 3.04. The van der Waals surface area contributed by atoms with Gasteiger partial charge in [0.15, 0.2) is 0 Å². The molecule has 0 spiro atoms. The second kappa shape index (κ2) is 6.55. The predicted octanol–water partition coefficient (Wildman–Crippen LogP) is 2.94. The summed E-state index contributed by atoms with van der Waals surface area (Å²) in [4.78, 5) is 11.4. The number of benzene rings is 1. The maximum absolute atomic E-state index is 11.4. The largest absolute Gasteiger partial charge is 0.469 e. The first-order valence-electron chi connectivity index (χ1n) is 6.34. The fourth-order valence-electron chi connectivity index (χ4n) is 2.01. The Morgan fingerprint density at radius 1 is 1.39 bits per heavy atom. The van der Waals surface area contributed by atoms with Crippen molar-refractivity contribution >= 4 is 5.97 Å². The minimum atomic E-state index is -0.191. The Hall–Kier alpha value is -1.35. The molecule has 0 aromatic heterocycles. The Bertz CT molecular complexity index is 413. The lowest BCUT2D eigenvalue weighted by atomic mass is 9.93. The van der Waals surface area contributed by atoms with Crippen LogP contribution in [0.1, 0.15) is 48.9 Å². The van der Waals surface area contributed by atoms with Crippen molar-refractivity contribution in [3.63, 3.8) is 0 Å². The Morgan fingerprint density at radius 2 is 2.06 bits per heavy atom. The highest BCUT2D eigenvalue weighted by Gasteiger charge is 2.17. The Labute approximate surface area is 110 Å². The summed E-state index contributed by atoms with van der Waals surface area (Å²) in [5, 5.41) is 3.19. The van der Waals surface area contributed by atoms with Gasteiger partial charge in [-0.15, -0.1) is 0 Å². The van der Waals surface area contributed by atoms with Gasteiger partial charge in [0.1, 0.15) is 0 Å². The lowest BCUT2D eigenvalue weighted by Crippen LogP contribution is -2.21. The SMILES string of the molecule is CNC(CC(=O)OC)c1cc(C(C)C)ccc1C. The molecule has 100 valence electrons. The topological polar surface area (TPSA) is 38.3 Å². The molecular formula is C15H23NO2. The number of carbonyl (C=O) groups excluding carboxylic acids is 1. The van der Waals surface area contributed by atoms with Gasteiger partial charge in [-0.25, -0.2) is 0 Å². The van der Waals surface area contributed by atoms with E-state index < -0.39 is 0 Å². The molecule has 3 heteroatoms. The molecule has 0 bridgehead atoms. The van der Waals surface area contributed by atoms with Crippen LogP contribution in [0.2, 0.25) is 0 Å². The zero-order valence-electron chi connectivity index (χ0n) is 11.9. The van der Waals surface area contributed by atoms with Gasteiger partial charge in [0.2, 0.25) is 0 Å². The van der Waals surface area contributed by atoms with Crippen LogP contribution >= 0.6 is 0 Å². The van der Waals surface area contributed by atoms with Gasteiger partial charge in [-0.05, 0) is 36.6 Å². The van der Waals surface area contributed by atoms with Crippen LogP contribution in [0.25, 0.3) is 0 Å². The van der Waals surface area contributed by atoms with Crippen molar-refractivity contribution in [2.24, 2.45) is 0 Å². The van der Waals surface area contributed by atoms with Gasteiger partial charge in [0.25, 0.3) is 0 Å². The number of aryl methyl sites for hydroxylation is 1. The standard InChI is InChI=1S/C15H23NO2/c1-10(2)12-7-6-11(3)13(8-12)14(16-4)9-15(17)18-5/h6-8,10,14,16H,9H2,1-5H3. The molecular weight excluding hydrogens is 226 g/mol. The van der Waals surface area contributed by atoms with E-state index in [2.05, 4.69) is 44.3 Å². The molecule has 0 heterocycles. The van der Waals surface area contributed by atoms with E-state index in [0.29, 0.717) is 12.3 Å². The maximum Gasteiger partial charge on any atom is 0.307 e. The summed E-state index contributed by atoms with van der Waals surface area (Å²) in [5.74, 6) is 0.295. The predicted molar refractivity (Wildman–Crippen MR) is 73.7 cm³/mol. The number of ether oxygens (including phenoxy) is 1. The molecule has 0 amide bonds. The van der Waals surface area contributed by atoms with Crippen molar-refractivity contribution in [3.8, 4) is 0 Å². The Kier molecular flexibility index (Phi) is 5.35. The number of hydrogen-bond acceptors (Lipinski definition) is 3. The Morgan fingerprint density at radius 3 is 2.56 bits per heavy atom. The van der Waals surface area contributed by atoms with Crippen LogP contribution in [0, 0.1) is 6.92 Å². The lowest BCUT2D eigenvalue weighted by molar-refractivity contribution is -0.141. The highest BCUT2D eigenvalue weighted by Crippen LogP contribution is 2.25. The van der Waals surface area contributed by atoms with Crippen molar-refractivity contribution in [1.29, 1.82) is 0 Å². The molecule has 0 aliphatic carbocycles. The van der Waals surface area contributed by atoms with Gasteiger partial charge in [-0.1, -0.05) is 32.0 Å². The first-order chi connectivity index (χ1) is 8.49. The molecule has 0 fully saturated rings. The van der Waals surface area contributed by atoms with Crippen LogP contribution < -0.4 is 5.32 Å². The summed E-state index contributed by atoms with van der Waals surface area (Å²) in [7, 11) is 3.29. The van der Waals surface area contributed by atoms with Crippen molar-refractivity contribution in [3.05, 3.63) is 34.9 Å². The number of methoxy groups -OCH3 is 1. The van der Waals surface area contributed by atoms with Gasteiger partial charge in [0.05, 0.1) is 13.5 Å². The average Bonchev–Trinajstić information content (AvgIpc) is 2.36. The first-order valence-corrected chi connectivity index (χ1v) is 6.34. The average molecular weight is 249 g/mol. The maximum atomic E-state index is 11.4. The normalized spacial score (nSPS) is 12.6. The molecule has 1 N–H and O–H groups in total. The number of hydrogen-bond donors (Lipinski definition) is 1. The van der Waals surface area contributed by atoms with E-state index in [0.717, 1.165) is 0 Å². The lowest BCUT2D eigenvalue weighted by Gasteiger charge is -2.19. The molecule has 0 saturated heterocycles. The highest BCUT2D eigenvalue weighted by molar-refractivity contribution is 5.70. The van der Waals surface area contributed by atoms with Crippen LogP contribution in [0.15, 0.2) is 18.2 Å². The minimum absolute atomic E-state index is 0.0103. The van der Waals surface area contributed by atoms with Gasteiger partial charge in [-0.3, -0.25) is 4.79 Å². The molecule has 1 unspecified atom stereocenters. The van der Waals surface area contributed by atoms with Crippen LogP contribution in [-0.4, -0.2) is 20.1 Å². The number of rotatable bonds is 5. The van der Waals surface area contributed by atoms with Crippen LogP contribution in [-0.2, 0) is 9.53 Å². The quantitative estimate of drug-likeness (QED) is 0.815. The van der Waals surface area contributed by atoms with Gasteiger partial charge in [0, 0.05) is 6.04 Å². The second-order valence-corrected chi connectivity index (χ2v) is 4.89. The molecule has 1 aromatic rings. The second-order valence-electron chi connectivity index (χ2n) is 4.89. The van der Waals surface area contributed by atoms with E-state index in [9.17, 15) is 4.79 Å². The third-order valence-corrected chi connectivity index (χ3v) is 3.29. The zero-order chi connectivity index (χ0) is 13.7. The highest BCUT2D eigenvalue weighted by atomic mass is 16.5. The van der Waals surface area contributed by atoms with E-state index in [-0.39, 0.29) is 12.0 Å². The molecule has 1 aromatic carbocycles. The first kappa shape index (κ1) is 14.7. The summed E-state index contributed by atoms with van der Waals surface area (Å²) in [6.07, 6.45) is 0.357. The van der Waals surface area contributed by atoms with Gasteiger partial charge in [-0.2, -0.15) is 0 Å². The summed E-state index contributed by atoms with van der Waals surface area (Å²) in [6, 6.07) is 6.46. The summed E-state index contributed by atoms with van der Waals surface area (Å²) < 4.78 is 4.74. The van der Waals surface area contributed by atoms with Crippen LogP contribution in [0.5, 0.6) is 0 Å². The van der Waals surface area contributed by atoms with E-state index in [4.69, 9.17) is 4.74 Å². The van der Waals surface area contributed by atoms with Gasteiger partial charge < -0.3 is 10.1 Å². The van der Waals surface area contributed by atoms with Crippen molar-refractivity contribution in [2.75, 3.05) is 14.2 Å². The zero-order valence-corrected chi connectivity index (χ0v) is 11.9. The van der Waals surface area contributed by atoms with Crippen LogP contribution in [0.4, 0.5) is 0 Å². The van der Waals surface area contributed by atoms with Crippen LogP contribution in [0.3, 0.4) is 0 Å². The molecule has 18 heavy (non-hydrogen) atoms. The third kappa shape index (κ3) is 3.57. The molecule has 3 nitrogen and oxygen atoms in total. The third-order valence-electron chi connectivity index (χ3n) is 3.29. The molecule has 0 aliphatic rings. The molecule has 0 aliphatic heterocycles. The minimum Gasteiger partial charge on any atom is -0.469 e. The van der Waals surface area contributed by atoms with E-state index in [1.54, 1.807) is 0 Å². The summed E-state index contributed by atoms with van der Waals surface area (Å²) in [6.45, 7) is 6.41. The number of carbonyl (C=O) groups is 1. The molecule has 0 radical (unpaired) electrons. The van der Waals surface area contributed by atoms with Crippen molar-refractivity contribution in [1.82, 2.24) is 5.32 Å². The number of nitrogens with one attached hydrogen (secondary N) is 1. The molecule has 1 rings (SSSR count). The van der Waals surface area contributed by atoms with Crippen molar-refractivity contribution in [2.45, 2.75) is 39.2 Å². The van der Waals surface area contributed by atoms with E-state index >= 15 is 0 Å². The van der Waals surface area contributed by atoms with E-state index in [1.165, 1.54) is 23.8 Å². The van der Waals surface area contributed by atoms with Gasteiger partial charge >= 0.3 is 5.97 Å². The monoisotopic (exact) mass is 249 g/mol. The summed E-state index contributed by atoms with van der Waals surface area (Å²) in [5.41, 5.74) is 3.66. The van der Waals surface area contributed by atoms with Crippen molar-refractivity contribution < 1.29 is 9.53 Å². The fraction of sp³-hybridized carbons (Fsp3) is 0.533. The smallest absolute Gasteiger partial charge is 0.307 e. The summed E-state index contributed by atoms with van der Waals surface area (Å²) >= 11 is 0. The number of esters is 1. The van der Waals surface area contributed by atoms with E-state index in [1.807, 2.05) is 7.05 Å². The molecule has 0 saturated carbocycles. The molecule has 1 atom stereocenters.